The van der Waals surface area contributed by atoms with Gasteiger partial charge in [0, 0.05) is 36.9 Å². The van der Waals surface area contributed by atoms with Crippen molar-refractivity contribution in [1.29, 1.82) is 0 Å². The SMILES string of the molecule is CC(C)NCc1ccnc(N2CC3CCC2C3)c1F. The number of hydrogen-bond donors (Lipinski definition) is 1. The topological polar surface area (TPSA) is 28.2 Å². The first-order valence-corrected chi connectivity index (χ1v) is 7.28. The molecule has 0 amide bonds. The third-order valence-corrected chi connectivity index (χ3v) is 4.33. The third-order valence-electron chi connectivity index (χ3n) is 4.33. The first kappa shape index (κ1) is 12.9. The number of pyridine rings is 1. The summed E-state index contributed by atoms with van der Waals surface area (Å²) in [7, 11) is 0. The van der Waals surface area contributed by atoms with Crippen LogP contribution in [-0.2, 0) is 6.54 Å². The Morgan fingerprint density at radius 1 is 1.47 bits per heavy atom. The van der Waals surface area contributed by atoms with Gasteiger partial charge in [0.25, 0.3) is 0 Å². The van der Waals surface area contributed by atoms with Crippen LogP contribution < -0.4 is 10.2 Å². The number of nitrogens with one attached hydrogen (secondary N) is 1. The van der Waals surface area contributed by atoms with Gasteiger partial charge in [-0.15, -0.1) is 0 Å². The van der Waals surface area contributed by atoms with Gasteiger partial charge in [-0.2, -0.15) is 0 Å². The maximum Gasteiger partial charge on any atom is 0.170 e. The van der Waals surface area contributed by atoms with E-state index >= 15 is 0 Å². The standard InChI is InChI=1S/C15H22FN3/c1-10(2)18-8-12-5-6-17-15(14(12)16)19-9-11-3-4-13(19)7-11/h5-6,10-11,13,18H,3-4,7-9H2,1-2H3. The Morgan fingerprint density at radius 3 is 2.95 bits per heavy atom. The van der Waals surface area contributed by atoms with E-state index in [0.29, 0.717) is 24.4 Å². The monoisotopic (exact) mass is 263 g/mol. The molecular weight excluding hydrogens is 241 g/mol. The van der Waals surface area contributed by atoms with Crippen LogP contribution in [0.1, 0.15) is 38.7 Å². The molecule has 1 aromatic rings. The zero-order valence-electron chi connectivity index (χ0n) is 11.7. The van der Waals surface area contributed by atoms with Gasteiger partial charge in [-0.05, 0) is 31.2 Å². The lowest BCUT2D eigenvalue weighted by Gasteiger charge is -2.28. The Morgan fingerprint density at radius 2 is 2.32 bits per heavy atom. The molecule has 104 valence electrons. The molecule has 1 saturated heterocycles. The van der Waals surface area contributed by atoms with Crippen molar-refractivity contribution >= 4 is 5.82 Å². The minimum atomic E-state index is -0.136. The number of aromatic nitrogens is 1. The average Bonchev–Trinajstić information content (AvgIpc) is 2.99. The minimum Gasteiger partial charge on any atom is -0.351 e. The molecule has 19 heavy (non-hydrogen) atoms. The summed E-state index contributed by atoms with van der Waals surface area (Å²) in [5.74, 6) is 1.18. The Balaban J connectivity index is 1.80. The maximum atomic E-state index is 14.6. The summed E-state index contributed by atoms with van der Waals surface area (Å²) in [6.07, 6.45) is 5.45. The van der Waals surface area contributed by atoms with E-state index in [1.807, 2.05) is 0 Å². The van der Waals surface area contributed by atoms with Crippen molar-refractivity contribution < 1.29 is 4.39 Å². The lowest BCUT2D eigenvalue weighted by Crippen LogP contribution is -2.33. The minimum absolute atomic E-state index is 0.136. The second-order valence-corrected chi connectivity index (χ2v) is 6.13. The van der Waals surface area contributed by atoms with Gasteiger partial charge in [0.05, 0.1) is 0 Å². The van der Waals surface area contributed by atoms with Crippen LogP contribution in [-0.4, -0.2) is 23.6 Å². The summed E-state index contributed by atoms with van der Waals surface area (Å²) >= 11 is 0. The highest BCUT2D eigenvalue weighted by Crippen LogP contribution is 2.40. The second-order valence-electron chi connectivity index (χ2n) is 6.13. The van der Waals surface area contributed by atoms with Crippen molar-refractivity contribution in [2.75, 3.05) is 11.4 Å². The Bertz CT molecular complexity index is 461. The zero-order valence-corrected chi connectivity index (χ0v) is 11.7. The number of nitrogens with zero attached hydrogens (tertiary/aromatic N) is 2. The van der Waals surface area contributed by atoms with Crippen molar-refractivity contribution in [1.82, 2.24) is 10.3 Å². The molecule has 4 heteroatoms. The predicted molar refractivity (Wildman–Crippen MR) is 74.6 cm³/mol. The van der Waals surface area contributed by atoms with Crippen molar-refractivity contribution in [2.45, 2.75) is 51.7 Å². The molecule has 2 unspecified atom stereocenters. The second kappa shape index (κ2) is 5.08. The number of rotatable bonds is 4. The number of halogens is 1. The van der Waals surface area contributed by atoms with Gasteiger partial charge >= 0.3 is 0 Å². The highest BCUT2D eigenvalue weighted by Gasteiger charge is 2.39. The van der Waals surface area contributed by atoms with Crippen molar-refractivity contribution in [3.8, 4) is 0 Å². The van der Waals surface area contributed by atoms with E-state index in [2.05, 4.69) is 29.0 Å². The van der Waals surface area contributed by atoms with Gasteiger partial charge in [-0.25, -0.2) is 9.37 Å². The lowest BCUT2D eigenvalue weighted by molar-refractivity contribution is 0.522. The van der Waals surface area contributed by atoms with Gasteiger partial charge in [-0.1, -0.05) is 13.8 Å². The summed E-state index contributed by atoms with van der Waals surface area (Å²) in [5.41, 5.74) is 0.724. The molecule has 2 heterocycles. The van der Waals surface area contributed by atoms with E-state index in [1.165, 1.54) is 19.3 Å². The number of anilines is 1. The summed E-state index contributed by atoms with van der Waals surface area (Å²) in [4.78, 5) is 6.47. The van der Waals surface area contributed by atoms with Crippen LogP contribution in [0.15, 0.2) is 12.3 Å². The lowest BCUT2D eigenvalue weighted by atomic mass is 10.1. The molecule has 2 atom stereocenters. The summed E-state index contributed by atoms with van der Waals surface area (Å²) in [6, 6.07) is 2.65. The van der Waals surface area contributed by atoms with Gasteiger partial charge in [0.1, 0.15) is 0 Å². The molecule has 1 aliphatic carbocycles. The molecule has 1 N–H and O–H groups in total. The van der Waals surface area contributed by atoms with Crippen LogP contribution >= 0.6 is 0 Å². The van der Waals surface area contributed by atoms with Crippen LogP contribution in [0, 0.1) is 11.7 Å². The zero-order chi connectivity index (χ0) is 13.4. The molecule has 2 fully saturated rings. The molecule has 1 saturated carbocycles. The van der Waals surface area contributed by atoms with Crippen molar-refractivity contribution in [3.05, 3.63) is 23.6 Å². The largest absolute Gasteiger partial charge is 0.351 e. The number of fused-ring (bicyclic) bond motifs is 2. The van der Waals surface area contributed by atoms with E-state index in [4.69, 9.17) is 0 Å². The van der Waals surface area contributed by atoms with Crippen LogP contribution in [0.5, 0.6) is 0 Å². The van der Waals surface area contributed by atoms with Crippen molar-refractivity contribution in [3.63, 3.8) is 0 Å². The average molecular weight is 263 g/mol. The fourth-order valence-electron chi connectivity index (χ4n) is 3.31. The Kier molecular flexibility index (Phi) is 3.44. The predicted octanol–water partition coefficient (Wildman–Crippen LogP) is 2.71. The third kappa shape index (κ3) is 2.46. The summed E-state index contributed by atoms with van der Waals surface area (Å²) in [5, 5.41) is 3.27. The first-order chi connectivity index (χ1) is 9.15. The van der Waals surface area contributed by atoms with Crippen LogP contribution in [0.4, 0.5) is 10.2 Å². The first-order valence-electron chi connectivity index (χ1n) is 7.28. The summed E-state index contributed by atoms with van der Waals surface area (Å²) in [6.45, 7) is 5.69. The smallest absolute Gasteiger partial charge is 0.170 e. The van der Waals surface area contributed by atoms with E-state index in [1.54, 1.807) is 12.3 Å². The van der Waals surface area contributed by atoms with Gasteiger partial charge < -0.3 is 10.2 Å². The fourth-order valence-corrected chi connectivity index (χ4v) is 3.31. The van der Waals surface area contributed by atoms with E-state index < -0.39 is 0 Å². The van der Waals surface area contributed by atoms with Crippen LogP contribution in [0.2, 0.25) is 0 Å². The fraction of sp³-hybridized carbons (Fsp3) is 0.667. The molecule has 0 aromatic carbocycles. The quantitative estimate of drug-likeness (QED) is 0.905. The molecule has 1 aliphatic heterocycles. The molecule has 1 aromatic heterocycles. The molecule has 3 rings (SSSR count). The van der Waals surface area contributed by atoms with Crippen LogP contribution in [0.3, 0.4) is 0 Å². The molecule has 2 aliphatic rings. The Hall–Kier alpha value is -1.16. The van der Waals surface area contributed by atoms with Gasteiger partial charge in [-0.3, -0.25) is 0 Å². The van der Waals surface area contributed by atoms with Crippen LogP contribution in [0.25, 0.3) is 0 Å². The Labute approximate surface area is 114 Å². The molecule has 0 radical (unpaired) electrons. The number of hydrogen-bond acceptors (Lipinski definition) is 3. The maximum absolute atomic E-state index is 14.6. The molecular formula is C15H22FN3. The molecule has 3 nitrogen and oxygen atoms in total. The van der Waals surface area contributed by atoms with E-state index in [-0.39, 0.29) is 5.82 Å². The number of piperidine rings is 1. The van der Waals surface area contributed by atoms with Gasteiger partial charge in [0.2, 0.25) is 0 Å². The van der Waals surface area contributed by atoms with E-state index in [9.17, 15) is 4.39 Å². The van der Waals surface area contributed by atoms with E-state index in [0.717, 1.165) is 18.0 Å². The molecule has 0 spiro atoms. The molecule has 2 bridgehead atoms. The highest BCUT2D eigenvalue weighted by atomic mass is 19.1. The summed E-state index contributed by atoms with van der Waals surface area (Å²) < 4.78 is 14.6. The normalized spacial score (nSPS) is 25.6. The highest BCUT2D eigenvalue weighted by molar-refractivity contribution is 5.46. The van der Waals surface area contributed by atoms with Gasteiger partial charge in [0.15, 0.2) is 11.6 Å². The van der Waals surface area contributed by atoms with Crippen molar-refractivity contribution in [2.24, 2.45) is 5.92 Å².